The van der Waals surface area contributed by atoms with Crippen molar-refractivity contribution in [3.05, 3.63) is 45.9 Å². The van der Waals surface area contributed by atoms with Crippen LogP contribution in [-0.2, 0) is 6.42 Å². The number of nitrogens with one attached hydrogen (secondary N) is 2. The lowest BCUT2D eigenvalue weighted by Crippen LogP contribution is -2.38. The van der Waals surface area contributed by atoms with Crippen molar-refractivity contribution in [1.82, 2.24) is 15.6 Å². The number of nitrogens with zero attached hydrogens (tertiary/aromatic N) is 2. The topological polar surface area (TPSA) is 58.5 Å². The number of aryl methyl sites for hydroxylation is 2. The summed E-state index contributed by atoms with van der Waals surface area (Å²) in [7, 11) is 3.51. The van der Waals surface area contributed by atoms with Crippen LogP contribution in [0.15, 0.2) is 34.6 Å². The average Bonchev–Trinajstić information content (AvgIpc) is 3.08. The van der Waals surface area contributed by atoms with E-state index in [1.807, 2.05) is 26.1 Å². The number of thiazole rings is 1. The van der Waals surface area contributed by atoms with Gasteiger partial charge in [-0.2, -0.15) is 0 Å². The fourth-order valence-electron chi connectivity index (χ4n) is 2.69. The summed E-state index contributed by atoms with van der Waals surface area (Å²) in [6, 6.07) is 8.31. The van der Waals surface area contributed by atoms with Crippen LogP contribution < -0.4 is 15.4 Å². The Morgan fingerprint density at radius 2 is 1.96 bits per heavy atom. The summed E-state index contributed by atoms with van der Waals surface area (Å²) < 4.78 is 5.21. The summed E-state index contributed by atoms with van der Waals surface area (Å²) in [4.78, 5) is 8.79. The molecular weight excluding hydrogens is 344 g/mol. The van der Waals surface area contributed by atoms with Crippen LogP contribution in [0.3, 0.4) is 0 Å². The number of guanidine groups is 1. The Morgan fingerprint density at radius 3 is 2.58 bits per heavy atom. The van der Waals surface area contributed by atoms with E-state index < -0.39 is 0 Å². The molecule has 0 aliphatic heterocycles. The molecule has 0 saturated heterocycles. The number of aromatic nitrogens is 1. The van der Waals surface area contributed by atoms with Crippen molar-refractivity contribution in [3.8, 4) is 5.75 Å². The van der Waals surface area contributed by atoms with E-state index in [2.05, 4.69) is 45.0 Å². The van der Waals surface area contributed by atoms with Gasteiger partial charge in [0.1, 0.15) is 5.75 Å². The van der Waals surface area contributed by atoms with Gasteiger partial charge in [0, 0.05) is 37.6 Å². The molecule has 1 aromatic carbocycles. The first-order valence-corrected chi connectivity index (χ1v) is 9.99. The molecule has 142 valence electrons. The van der Waals surface area contributed by atoms with Gasteiger partial charge in [0.25, 0.3) is 0 Å². The molecule has 0 aliphatic rings. The van der Waals surface area contributed by atoms with Gasteiger partial charge in [0.05, 0.1) is 12.1 Å². The van der Waals surface area contributed by atoms with Gasteiger partial charge in [-0.3, -0.25) is 4.99 Å². The van der Waals surface area contributed by atoms with E-state index in [4.69, 9.17) is 4.74 Å². The highest BCUT2D eigenvalue weighted by molar-refractivity contribution is 7.09. The third kappa shape index (κ3) is 6.67. The smallest absolute Gasteiger partial charge is 0.190 e. The molecule has 1 unspecified atom stereocenters. The maximum atomic E-state index is 5.21. The number of rotatable bonds is 9. The molecule has 2 N–H and O–H groups in total. The second-order valence-electron chi connectivity index (χ2n) is 6.37. The van der Waals surface area contributed by atoms with Crippen molar-refractivity contribution < 1.29 is 4.74 Å². The van der Waals surface area contributed by atoms with Crippen LogP contribution in [0.5, 0.6) is 5.75 Å². The van der Waals surface area contributed by atoms with E-state index in [1.54, 1.807) is 18.4 Å². The number of methoxy groups -OCH3 is 1. The minimum atomic E-state index is 0.486. The molecule has 2 rings (SSSR count). The van der Waals surface area contributed by atoms with E-state index in [0.29, 0.717) is 5.92 Å². The zero-order valence-electron chi connectivity index (χ0n) is 16.2. The van der Waals surface area contributed by atoms with Crippen LogP contribution in [0.25, 0.3) is 0 Å². The molecule has 0 bridgehead atoms. The van der Waals surface area contributed by atoms with E-state index >= 15 is 0 Å². The van der Waals surface area contributed by atoms with Crippen LogP contribution in [0.2, 0.25) is 0 Å². The zero-order chi connectivity index (χ0) is 18.8. The summed E-state index contributed by atoms with van der Waals surface area (Å²) in [5.41, 5.74) is 2.44. The van der Waals surface area contributed by atoms with Gasteiger partial charge in [-0.1, -0.05) is 19.1 Å². The second kappa shape index (κ2) is 10.8. The zero-order valence-corrected chi connectivity index (χ0v) is 17.0. The molecule has 1 aromatic heterocycles. The number of ether oxygens (including phenoxy) is 1. The highest BCUT2D eigenvalue weighted by Crippen LogP contribution is 2.21. The minimum Gasteiger partial charge on any atom is -0.497 e. The van der Waals surface area contributed by atoms with Gasteiger partial charge in [-0.25, -0.2) is 4.98 Å². The number of hydrogen-bond acceptors (Lipinski definition) is 4. The molecule has 2 aromatic rings. The average molecular weight is 375 g/mol. The van der Waals surface area contributed by atoms with Crippen LogP contribution in [-0.4, -0.2) is 38.2 Å². The Labute approximate surface area is 160 Å². The lowest BCUT2D eigenvalue weighted by atomic mass is 9.98. The van der Waals surface area contributed by atoms with Crippen molar-refractivity contribution in [2.75, 3.05) is 27.2 Å². The largest absolute Gasteiger partial charge is 0.497 e. The first-order chi connectivity index (χ1) is 12.6. The molecule has 0 amide bonds. The number of aliphatic imine (C=N–C) groups is 1. The first kappa shape index (κ1) is 20.2. The Balaban J connectivity index is 1.64. The summed E-state index contributed by atoms with van der Waals surface area (Å²) in [5, 5.41) is 10.1. The fourth-order valence-corrected chi connectivity index (χ4v) is 3.51. The molecule has 0 fully saturated rings. The first-order valence-electron chi connectivity index (χ1n) is 9.12. The molecule has 5 nitrogen and oxygen atoms in total. The molecule has 6 heteroatoms. The molecule has 0 spiro atoms. The third-order valence-electron chi connectivity index (χ3n) is 4.30. The van der Waals surface area contributed by atoms with Crippen molar-refractivity contribution in [1.29, 1.82) is 0 Å². The Bertz CT molecular complexity index is 681. The molecule has 1 heterocycles. The summed E-state index contributed by atoms with van der Waals surface area (Å²) in [5.74, 6) is 2.25. The highest BCUT2D eigenvalue weighted by atomic mass is 32.1. The lowest BCUT2D eigenvalue weighted by molar-refractivity contribution is 0.414. The van der Waals surface area contributed by atoms with Crippen LogP contribution in [0.1, 0.15) is 41.9 Å². The predicted molar refractivity (Wildman–Crippen MR) is 111 cm³/mol. The van der Waals surface area contributed by atoms with Crippen molar-refractivity contribution in [2.24, 2.45) is 4.99 Å². The van der Waals surface area contributed by atoms with Crippen molar-refractivity contribution in [2.45, 2.75) is 39.0 Å². The third-order valence-corrected chi connectivity index (χ3v) is 5.33. The Hall–Kier alpha value is -2.08. The van der Waals surface area contributed by atoms with E-state index in [-0.39, 0.29) is 0 Å². The highest BCUT2D eigenvalue weighted by Gasteiger charge is 2.06. The van der Waals surface area contributed by atoms with Gasteiger partial charge < -0.3 is 15.4 Å². The maximum Gasteiger partial charge on any atom is 0.190 e. The molecule has 0 saturated carbocycles. The molecule has 1 atom stereocenters. The molecule has 26 heavy (non-hydrogen) atoms. The van der Waals surface area contributed by atoms with Gasteiger partial charge in [0.2, 0.25) is 0 Å². The predicted octanol–water partition coefficient (Wildman–Crippen LogP) is 3.75. The lowest BCUT2D eigenvalue weighted by Gasteiger charge is -2.15. The SMILES string of the molecule is CN=C(NCCCc1nc(C)cs1)NCCC(C)c1ccc(OC)cc1. The monoisotopic (exact) mass is 374 g/mol. The summed E-state index contributed by atoms with van der Waals surface area (Å²) in [6.45, 7) is 6.07. The minimum absolute atomic E-state index is 0.486. The van der Waals surface area contributed by atoms with Crippen LogP contribution in [0.4, 0.5) is 0 Å². The standard InChI is InChI=1S/C20H30N4OS/c1-15(17-7-9-18(25-4)10-8-17)11-13-23-20(21-3)22-12-5-6-19-24-16(2)14-26-19/h7-10,14-15H,5-6,11-13H2,1-4H3,(H2,21,22,23). The van der Waals surface area contributed by atoms with Gasteiger partial charge in [-0.15, -0.1) is 11.3 Å². The van der Waals surface area contributed by atoms with Crippen molar-refractivity contribution >= 4 is 17.3 Å². The van der Waals surface area contributed by atoms with Gasteiger partial charge in [-0.05, 0) is 43.4 Å². The van der Waals surface area contributed by atoms with E-state index in [0.717, 1.165) is 49.8 Å². The maximum absolute atomic E-state index is 5.21. The summed E-state index contributed by atoms with van der Waals surface area (Å²) >= 11 is 1.74. The van der Waals surface area contributed by atoms with Crippen LogP contribution in [0, 0.1) is 6.92 Å². The van der Waals surface area contributed by atoms with E-state index in [9.17, 15) is 0 Å². The fraction of sp³-hybridized carbons (Fsp3) is 0.500. The summed E-state index contributed by atoms with van der Waals surface area (Å²) in [6.07, 6.45) is 3.11. The Morgan fingerprint density at radius 1 is 1.23 bits per heavy atom. The molecular formula is C20H30N4OS. The van der Waals surface area contributed by atoms with Gasteiger partial charge >= 0.3 is 0 Å². The molecule has 0 radical (unpaired) electrons. The number of benzene rings is 1. The molecule has 0 aliphatic carbocycles. The normalized spacial score (nSPS) is 12.7. The van der Waals surface area contributed by atoms with Crippen LogP contribution >= 0.6 is 11.3 Å². The second-order valence-corrected chi connectivity index (χ2v) is 7.32. The van der Waals surface area contributed by atoms with Crippen molar-refractivity contribution in [3.63, 3.8) is 0 Å². The number of hydrogen-bond donors (Lipinski definition) is 2. The quantitative estimate of drug-likeness (QED) is 0.399. The Kier molecular flexibility index (Phi) is 8.41. The van der Waals surface area contributed by atoms with Gasteiger partial charge in [0.15, 0.2) is 5.96 Å². The van der Waals surface area contributed by atoms with E-state index in [1.165, 1.54) is 10.6 Å².